The lowest BCUT2D eigenvalue weighted by Gasteiger charge is -2.23. The van der Waals surface area contributed by atoms with E-state index in [1.165, 1.54) is 7.11 Å². The van der Waals surface area contributed by atoms with E-state index in [-0.39, 0.29) is 11.4 Å². The van der Waals surface area contributed by atoms with Gasteiger partial charge in [0.25, 0.3) is 0 Å². The van der Waals surface area contributed by atoms with E-state index in [2.05, 4.69) is 20.6 Å². The Bertz CT molecular complexity index is 415. The lowest BCUT2D eigenvalue weighted by molar-refractivity contribution is -0.122. The summed E-state index contributed by atoms with van der Waals surface area (Å²) in [7, 11) is 1.53. The van der Waals surface area contributed by atoms with Gasteiger partial charge in [0.1, 0.15) is 6.04 Å². The Morgan fingerprint density at radius 2 is 2.11 bits per heavy atom. The van der Waals surface area contributed by atoms with Crippen LogP contribution in [-0.4, -0.2) is 34.6 Å². The zero-order valence-corrected chi connectivity index (χ0v) is 11.4. The Balaban J connectivity index is 2.63. The van der Waals surface area contributed by atoms with Crippen LogP contribution in [0, 0.1) is 0 Å². The Morgan fingerprint density at radius 3 is 2.67 bits per heavy atom. The first-order chi connectivity index (χ1) is 8.31. The van der Waals surface area contributed by atoms with Gasteiger partial charge in [-0.2, -0.15) is 4.98 Å². The fourth-order valence-corrected chi connectivity index (χ4v) is 1.26. The number of nitrogens with one attached hydrogen (secondary N) is 2. The minimum atomic E-state index is -0.420. The molecular weight excluding hydrogens is 232 g/mol. The monoisotopic (exact) mass is 252 g/mol. The zero-order chi connectivity index (χ0) is 13.8. The van der Waals surface area contributed by atoms with Crippen LogP contribution in [0.2, 0.25) is 0 Å². The van der Waals surface area contributed by atoms with E-state index in [9.17, 15) is 4.79 Å². The minimum Gasteiger partial charge on any atom is -0.481 e. The van der Waals surface area contributed by atoms with Crippen LogP contribution in [0.4, 0.5) is 5.95 Å². The third-order valence-electron chi connectivity index (χ3n) is 2.08. The van der Waals surface area contributed by atoms with Gasteiger partial charge in [-0.05, 0) is 27.7 Å². The van der Waals surface area contributed by atoms with E-state index in [4.69, 9.17) is 4.74 Å². The van der Waals surface area contributed by atoms with Gasteiger partial charge in [0.15, 0.2) is 0 Å². The summed E-state index contributed by atoms with van der Waals surface area (Å²) >= 11 is 0. The molecule has 6 nitrogen and oxygen atoms in total. The van der Waals surface area contributed by atoms with Crippen molar-refractivity contribution in [3.8, 4) is 5.88 Å². The van der Waals surface area contributed by atoms with Crippen LogP contribution in [0.3, 0.4) is 0 Å². The van der Waals surface area contributed by atoms with Gasteiger partial charge in [0.05, 0.1) is 7.11 Å². The number of methoxy groups -OCH3 is 1. The fourth-order valence-electron chi connectivity index (χ4n) is 1.26. The van der Waals surface area contributed by atoms with Gasteiger partial charge in [-0.25, -0.2) is 4.98 Å². The molecule has 0 spiro atoms. The molecule has 1 atom stereocenters. The first-order valence-corrected chi connectivity index (χ1v) is 5.77. The normalized spacial score (nSPS) is 12.7. The van der Waals surface area contributed by atoms with E-state index in [1.54, 1.807) is 19.2 Å². The van der Waals surface area contributed by atoms with Crippen molar-refractivity contribution in [2.45, 2.75) is 39.3 Å². The molecule has 1 aromatic rings. The van der Waals surface area contributed by atoms with Crippen LogP contribution < -0.4 is 15.4 Å². The molecule has 2 N–H and O–H groups in total. The number of carbonyl (C=O) groups is 1. The van der Waals surface area contributed by atoms with E-state index in [1.807, 2.05) is 20.8 Å². The van der Waals surface area contributed by atoms with Crippen molar-refractivity contribution in [2.24, 2.45) is 0 Å². The van der Waals surface area contributed by atoms with Crippen molar-refractivity contribution in [1.82, 2.24) is 15.3 Å². The van der Waals surface area contributed by atoms with Crippen molar-refractivity contribution in [1.29, 1.82) is 0 Å². The van der Waals surface area contributed by atoms with Gasteiger partial charge in [0.2, 0.25) is 17.7 Å². The molecule has 0 radical (unpaired) electrons. The Morgan fingerprint density at radius 1 is 1.44 bits per heavy atom. The molecule has 0 saturated heterocycles. The Hall–Kier alpha value is -1.85. The fraction of sp³-hybridized carbons (Fsp3) is 0.583. The number of carbonyl (C=O) groups excluding carboxylic acids is 1. The molecule has 0 fully saturated rings. The third-order valence-corrected chi connectivity index (χ3v) is 2.08. The van der Waals surface area contributed by atoms with Crippen molar-refractivity contribution in [3.63, 3.8) is 0 Å². The quantitative estimate of drug-likeness (QED) is 0.842. The summed E-state index contributed by atoms with van der Waals surface area (Å²) in [6.07, 6.45) is 1.57. The van der Waals surface area contributed by atoms with Crippen LogP contribution >= 0.6 is 0 Å². The van der Waals surface area contributed by atoms with Crippen LogP contribution in [0.25, 0.3) is 0 Å². The Labute approximate surface area is 107 Å². The minimum absolute atomic E-state index is 0.103. The molecule has 18 heavy (non-hydrogen) atoms. The Kier molecular flexibility index (Phi) is 4.47. The molecule has 1 heterocycles. The smallest absolute Gasteiger partial charge is 0.242 e. The molecule has 1 unspecified atom stereocenters. The second-order valence-electron chi connectivity index (χ2n) is 5.03. The van der Waals surface area contributed by atoms with Crippen LogP contribution in [0.1, 0.15) is 27.7 Å². The lowest BCUT2D eigenvalue weighted by atomic mass is 10.1. The summed E-state index contributed by atoms with van der Waals surface area (Å²) in [5.74, 6) is 0.718. The number of hydrogen-bond acceptors (Lipinski definition) is 5. The molecule has 1 aromatic heterocycles. The number of hydrogen-bond donors (Lipinski definition) is 2. The number of anilines is 1. The maximum absolute atomic E-state index is 11.9. The summed E-state index contributed by atoms with van der Waals surface area (Å²) in [6, 6.07) is 1.22. The summed E-state index contributed by atoms with van der Waals surface area (Å²) < 4.78 is 4.99. The van der Waals surface area contributed by atoms with E-state index >= 15 is 0 Å². The molecule has 0 aromatic carbocycles. The molecule has 1 amide bonds. The van der Waals surface area contributed by atoms with Crippen molar-refractivity contribution >= 4 is 11.9 Å². The average Bonchev–Trinajstić information content (AvgIpc) is 2.27. The van der Waals surface area contributed by atoms with E-state index < -0.39 is 6.04 Å². The molecule has 0 aliphatic rings. The van der Waals surface area contributed by atoms with Gasteiger partial charge >= 0.3 is 0 Å². The van der Waals surface area contributed by atoms with Gasteiger partial charge in [0, 0.05) is 17.8 Å². The van der Waals surface area contributed by atoms with E-state index in [0.717, 1.165) is 0 Å². The maximum atomic E-state index is 11.9. The van der Waals surface area contributed by atoms with Crippen molar-refractivity contribution in [3.05, 3.63) is 12.3 Å². The van der Waals surface area contributed by atoms with Crippen molar-refractivity contribution in [2.75, 3.05) is 12.4 Å². The zero-order valence-electron chi connectivity index (χ0n) is 11.4. The molecule has 6 heteroatoms. The van der Waals surface area contributed by atoms with Gasteiger partial charge in [-0.3, -0.25) is 4.79 Å². The largest absolute Gasteiger partial charge is 0.481 e. The maximum Gasteiger partial charge on any atom is 0.242 e. The molecule has 0 aliphatic carbocycles. The number of aromatic nitrogens is 2. The highest BCUT2D eigenvalue weighted by Crippen LogP contribution is 2.08. The number of nitrogens with zero attached hydrogens (tertiary/aromatic N) is 2. The first-order valence-electron chi connectivity index (χ1n) is 5.77. The first kappa shape index (κ1) is 14.2. The number of ether oxygens (including phenoxy) is 1. The second kappa shape index (κ2) is 5.66. The topological polar surface area (TPSA) is 76.1 Å². The van der Waals surface area contributed by atoms with Crippen LogP contribution in [-0.2, 0) is 4.79 Å². The highest BCUT2D eigenvalue weighted by atomic mass is 16.5. The summed E-state index contributed by atoms with van der Waals surface area (Å²) in [4.78, 5) is 20.0. The SMILES string of the molecule is COc1ccnc(NC(C)C(=O)NC(C)(C)C)n1. The lowest BCUT2D eigenvalue weighted by Crippen LogP contribution is -2.47. The number of amides is 1. The summed E-state index contributed by atoms with van der Waals surface area (Å²) in [6.45, 7) is 7.54. The molecule has 100 valence electrons. The average molecular weight is 252 g/mol. The molecule has 0 aliphatic heterocycles. The molecule has 0 bridgehead atoms. The molecule has 1 rings (SSSR count). The van der Waals surface area contributed by atoms with Crippen molar-refractivity contribution < 1.29 is 9.53 Å². The third kappa shape index (κ3) is 4.57. The number of rotatable bonds is 4. The highest BCUT2D eigenvalue weighted by molar-refractivity contribution is 5.84. The predicted octanol–water partition coefficient (Wildman–Crippen LogP) is 1.20. The van der Waals surface area contributed by atoms with E-state index in [0.29, 0.717) is 11.8 Å². The van der Waals surface area contributed by atoms with Crippen LogP contribution in [0.15, 0.2) is 12.3 Å². The van der Waals surface area contributed by atoms with Gasteiger partial charge in [-0.1, -0.05) is 0 Å². The molecule has 0 saturated carbocycles. The van der Waals surface area contributed by atoms with Gasteiger partial charge < -0.3 is 15.4 Å². The van der Waals surface area contributed by atoms with Gasteiger partial charge in [-0.15, -0.1) is 0 Å². The summed E-state index contributed by atoms with van der Waals surface area (Å²) in [5, 5.41) is 5.80. The predicted molar refractivity (Wildman–Crippen MR) is 69.6 cm³/mol. The highest BCUT2D eigenvalue weighted by Gasteiger charge is 2.19. The second-order valence-corrected chi connectivity index (χ2v) is 5.03. The summed E-state index contributed by atoms with van der Waals surface area (Å²) in [5.41, 5.74) is -0.262. The molecular formula is C12H20N4O2. The standard InChI is InChI=1S/C12H20N4O2/c1-8(10(17)16-12(2,3)4)14-11-13-7-6-9(15-11)18-5/h6-8H,1-5H3,(H,16,17)(H,13,14,15). The van der Waals surface area contributed by atoms with Crippen LogP contribution in [0.5, 0.6) is 5.88 Å².